The zero-order valence-electron chi connectivity index (χ0n) is 4.01. The quantitative estimate of drug-likeness (QED) is 0.508. The van der Waals surface area contributed by atoms with Crippen LogP contribution in [-0.2, 0) is 5.11 Å². The molecule has 0 unspecified atom stereocenters. The number of hydrogen-bond donors (Lipinski definition) is 0. The lowest BCUT2D eigenvalue weighted by molar-refractivity contribution is -0.296. The maximum absolute atomic E-state index is 10.9. The van der Waals surface area contributed by atoms with Crippen LogP contribution >= 0.6 is 0 Å². The molecule has 0 saturated carbocycles. The molecule has 0 fully saturated rings. The molecule has 0 heterocycles. The van der Waals surface area contributed by atoms with Crippen LogP contribution in [-0.4, -0.2) is 12.3 Å². The molecule has 1 radical (unpaired) electrons. The van der Waals surface area contributed by atoms with Gasteiger partial charge in [0.1, 0.15) is 6.42 Å². The van der Waals surface area contributed by atoms with Crippen LogP contribution in [0, 0.1) is 0 Å². The van der Waals surface area contributed by atoms with Crippen LogP contribution in [0.15, 0.2) is 0 Å². The molecule has 0 spiro atoms. The average Bonchev–Trinajstić information content (AvgIpc) is 1.14. The van der Waals surface area contributed by atoms with Gasteiger partial charge in [-0.1, -0.05) is 0 Å². The number of alkyl halides is 5. The third-order valence-electron chi connectivity index (χ3n) is 0.406. The van der Waals surface area contributed by atoms with Crippen LogP contribution in [0.5, 0.6) is 0 Å². The summed E-state index contributed by atoms with van der Waals surface area (Å²) in [6, 6.07) is 0. The predicted octanol–water partition coefficient (Wildman–Crippen LogP) is 1.96. The van der Waals surface area contributed by atoms with E-state index in [-0.39, 0.29) is 0 Å². The van der Waals surface area contributed by atoms with Crippen LogP contribution in [0.25, 0.3) is 0 Å². The molecule has 0 aromatic heterocycles. The Morgan fingerprint density at radius 1 is 1.00 bits per heavy atom. The Hall–Kier alpha value is -0.390. The summed E-state index contributed by atoms with van der Waals surface area (Å²) in [4.78, 5) is 0. The van der Waals surface area contributed by atoms with Gasteiger partial charge in [-0.2, -0.15) is 27.1 Å². The molecular weight excluding hydrogens is 147 g/mol. The molecule has 0 atom stereocenters. The molecule has 0 aliphatic rings. The van der Waals surface area contributed by atoms with Crippen LogP contribution < -0.4 is 0 Å². The van der Waals surface area contributed by atoms with Crippen molar-refractivity contribution in [1.29, 1.82) is 0 Å². The van der Waals surface area contributed by atoms with Crippen molar-refractivity contribution >= 4 is 0 Å². The third kappa shape index (κ3) is 7.61. The highest BCUT2D eigenvalue weighted by molar-refractivity contribution is 4.56. The van der Waals surface area contributed by atoms with E-state index in [2.05, 4.69) is 0 Å². The summed E-state index contributed by atoms with van der Waals surface area (Å²) in [5, 5.41) is 9.07. The van der Waals surface area contributed by atoms with E-state index in [1.54, 1.807) is 0 Å². The third-order valence-corrected chi connectivity index (χ3v) is 0.406. The first-order valence-corrected chi connectivity index (χ1v) is 1.86. The van der Waals surface area contributed by atoms with Crippen molar-refractivity contribution in [2.45, 2.75) is 18.7 Å². The number of halogens is 5. The summed E-state index contributed by atoms with van der Waals surface area (Å²) in [7, 11) is 0. The van der Waals surface area contributed by atoms with Crippen LogP contribution in [0.2, 0.25) is 0 Å². The van der Waals surface area contributed by atoms with Gasteiger partial charge in [0.15, 0.2) is 0 Å². The van der Waals surface area contributed by atoms with Crippen molar-refractivity contribution < 1.29 is 27.1 Å². The van der Waals surface area contributed by atoms with E-state index in [0.29, 0.717) is 0 Å². The van der Waals surface area contributed by atoms with Crippen LogP contribution in [0.4, 0.5) is 22.0 Å². The lowest BCUT2D eigenvalue weighted by Crippen LogP contribution is -2.23. The van der Waals surface area contributed by atoms with E-state index in [4.69, 9.17) is 5.11 Å². The minimum atomic E-state index is -5.08. The van der Waals surface area contributed by atoms with Crippen LogP contribution in [0.3, 0.4) is 0 Å². The highest BCUT2D eigenvalue weighted by Crippen LogP contribution is 2.29. The van der Waals surface area contributed by atoms with Crippen molar-refractivity contribution in [3.05, 3.63) is 0 Å². The predicted molar refractivity (Wildman–Crippen MR) is 16.3 cm³/mol. The van der Waals surface area contributed by atoms with Gasteiger partial charge in [-0.3, -0.25) is 0 Å². The largest absolute Gasteiger partial charge is 0.397 e. The average molecular weight is 149 g/mol. The van der Waals surface area contributed by atoms with E-state index in [0.717, 1.165) is 0 Å². The minimum absolute atomic E-state index is 2.60. The second kappa shape index (κ2) is 2.09. The van der Waals surface area contributed by atoms with Gasteiger partial charge in [0.2, 0.25) is 0 Å². The molecule has 0 aliphatic carbocycles. The lowest BCUT2D eigenvalue weighted by Gasteiger charge is -2.08. The monoisotopic (exact) mass is 149 g/mol. The Morgan fingerprint density at radius 2 is 1.33 bits per heavy atom. The summed E-state index contributed by atoms with van der Waals surface area (Å²) >= 11 is 0. The van der Waals surface area contributed by atoms with Gasteiger partial charge < -0.3 is 0 Å². The summed E-state index contributed by atoms with van der Waals surface area (Å²) < 4.78 is 54.5. The number of rotatable bonds is 1. The first-order chi connectivity index (χ1) is 3.71. The van der Waals surface area contributed by atoms with Gasteiger partial charge in [-0.25, -0.2) is 0 Å². The van der Waals surface area contributed by atoms with E-state index >= 15 is 0 Å². The molecule has 0 saturated heterocycles. The highest BCUT2D eigenvalue weighted by Gasteiger charge is 2.43. The van der Waals surface area contributed by atoms with E-state index in [1.807, 2.05) is 0 Å². The maximum Gasteiger partial charge on any atom is 0.397 e. The molecule has 0 bridgehead atoms. The molecule has 0 aromatic carbocycles. The van der Waals surface area contributed by atoms with E-state index in [1.165, 1.54) is 0 Å². The van der Waals surface area contributed by atoms with Gasteiger partial charge in [0, 0.05) is 0 Å². The molecular formula is C3H2F5O. The maximum atomic E-state index is 10.9. The summed E-state index contributed by atoms with van der Waals surface area (Å²) in [5.41, 5.74) is 0. The molecule has 0 N–H and O–H groups in total. The Labute approximate surface area is 47.1 Å². The molecule has 55 valence electrons. The standard InChI is InChI=1S/C3H2F5O/c4-2(5,6)1-3(7,8)9/h1H2. The summed E-state index contributed by atoms with van der Waals surface area (Å²) in [5.74, 6) is 0. The van der Waals surface area contributed by atoms with Crippen molar-refractivity contribution in [2.75, 3.05) is 0 Å². The normalized spacial score (nSPS) is 14.0. The molecule has 0 aliphatic heterocycles. The van der Waals surface area contributed by atoms with Gasteiger partial charge >= 0.3 is 12.3 Å². The fourth-order valence-corrected chi connectivity index (χ4v) is 0.233. The second-order valence-electron chi connectivity index (χ2n) is 1.43. The fourth-order valence-electron chi connectivity index (χ4n) is 0.233. The Morgan fingerprint density at radius 3 is 1.33 bits per heavy atom. The van der Waals surface area contributed by atoms with Crippen molar-refractivity contribution in [2.24, 2.45) is 0 Å². The first-order valence-electron chi connectivity index (χ1n) is 1.86. The van der Waals surface area contributed by atoms with E-state index in [9.17, 15) is 22.0 Å². The molecule has 9 heavy (non-hydrogen) atoms. The SMILES string of the molecule is [O]C(F)(F)CC(F)(F)F. The Balaban J connectivity index is 3.75. The fraction of sp³-hybridized carbons (Fsp3) is 1.00. The Bertz CT molecular complexity index is 77.4. The van der Waals surface area contributed by atoms with Crippen LogP contribution in [0.1, 0.15) is 6.42 Å². The number of hydrogen-bond acceptors (Lipinski definition) is 0. The minimum Gasteiger partial charge on any atom is -0.173 e. The highest BCUT2D eigenvalue weighted by atomic mass is 19.4. The summed E-state index contributed by atoms with van der Waals surface area (Å²) in [6.07, 6.45) is -12.6. The topological polar surface area (TPSA) is 19.9 Å². The molecule has 1 nitrogen and oxygen atoms in total. The van der Waals surface area contributed by atoms with Gasteiger partial charge in [0.05, 0.1) is 0 Å². The summed E-state index contributed by atoms with van der Waals surface area (Å²) in [6.45, 7) is 0. The smallest absolute Gasteiger partial charge is 0.173 e. The zero-order valence-corrected chi connectivity index (χ0v) is 4.01. The van der Waals surface area contributed by atoms with Crippen molar-refractivity contribution in [1.82, 2.24) is 0 Å². The molecule has 6 heteroatoms. The molecule has 0 amide bonds. The first kappa shape index (κ1) is 8.61. The van der Waals surface area contributed by atoms with Gasteiger partial charge in [0.25, 0.3) is 0 Å². The Kier molecular flexibility index (Phi) is 2.00. The van der Waals surface area contributed by atoms with Gasteiger partial charge in [-0.05, 0) is 0 Å². The van der Waals surface area contributed by atoms with Crippen molar-refractivity contribution in [3.63, 3.8) is 0 Å². The van der Waals surface area contributed by atoms with Gasteiger partial charge in [-0.15, -0.1) is 0 Å². The van der Waals surface area contributed by atoms with Crippen molar-refractivity contribution in [3.8, 4) is 0 Å². The molecule has 0 aromatic rings. The lowest BCUT2D eigenvalue weighted by atomic mass is 10.4. The zero-order chi connectivity index (χ0) is 7.71. The van der Waals surface area contributed by atoms with E-state index < -0.39 is 18.7 Å². The second-order valence-corrected chi connectivity index (χ2v) is 1.43. The molecule has 0 rings (SSSR count).